The van der Waals surface area contributed by atoms with Crippen molar-refractivity contribution in [2.24, 2.45) is 0 Å². The first-order chi connectivity index (χ1) is 12.7. The lowest BCUT2D eigenvalue weighted by atomic mass is 9.89. The molecule has 2 heterocycles. The molecule has 0 saturated heterocycles. The van der Waals surface area contributed by atoms with E-state index in [0.29, 0.717) is 11.1 Å². The van der Waals surface area contributed by atoms with Crippen molar-refractivity contribution in [3.8, 4) is 5.88 Å². The van der Waals surface area contributed by atoms with Crippen molar-refractivity contribution in [3.63, 3.8) is 0 Å². The molecular formula is C18H15F3N2O4. The smallest absolute Gasteiger partial charge is 0.422 e. The molecule has 3 rings (SSSR count). The summed E-state index contributed by atoms with van der Waals surface area (Å²) in [6, 6.07) is 10.8. The number of carboxylic acids is 1. The zero-order valence-electron chi connectivity index (χ0n) is 13.9. The Balaban J connectivity index is 1.81. The number of aromatic nitrogens is 1. The van der Waals surface area contributed by atoms with Crippen LogP contribution in [-0.4, -0.2) is 46.2 Å². The highest BCUT2D eigenvalue weighted by Gasteiger charge is 2.33. The molecule has 6 nitrogen and oxygen atoms in total. The second-order valence-corrected chi connectivity index (χ2v) is 6.04. The van der Waals surface area contributed by atoms with Gasteiger partial charge in [-0.3, -0.25) is 9.59 Å². The maximum absolute atomic E-state index is 12.7. The van der Waals surface area contributed by atoms with Crippen molar-refractivity contribution in [3.05, 3.63) is 59.3 Å². The fourth-order valence-corrected chi connectivity index (χ4v) is 2.90. The summed E-state index contributed by atoms with van der Waals surface area (Å²) in [6.07, 6.45) is -4.52. The molecule has 9 heteroatoms. The first-order valence-corrected chi connectivity index (χ1v) is 8.01. The van der Waals surface area contributed by atoms with Gasteiger partial charge in [0.2, 0.25) is 5.88 Å². The number of aliphatic carboxylic acids is 1. The van der Waals surface area contributed by atoms with Crippen LogP contribution in [0.25, 0.3) is 0 Å². The zero-order chi connectivity index (χ0) is 19.6. The molecule has 1 unspecified atom stereocenters. The molecule has 2 aromatic rings. The number of ether oxygens (including phenoxy) is 1. The number of pyridine rings is 1. The van der Waals surface area contributed by atoms with E-state index >= 15 is 0 Å². The van der Waals surface area contributed by atoms with Gasteiger partial charge >= 0.3 is 12.1 Å². The van der Waals surface area contributed by atoms with Gasteiger partial charge in [0.15, 0.2) is 6.61 Å². The van der Waals surface area contributed by atoms with Crippen molar-refractivity contribution in [1.29, 1.82) is 0 Å². The van der Waals surface area contributed by atoms with Crippen LogP contribution in [0, 0.1) is 0 Å². The van der Waals surface area contributed by atoms with Crippen LogP contribution < -0.4 is 4.74 Å². The number of benzene rings is 1. The van der Waals surface area contributed by atoms with Gasteiger partial charge in [-0.2, -0.15) is 13.2 Å². The molecule has 0 aliphatic carbocycles. The third-order valence-corrected chi connectivity index (χ3v) is 4.11. The standard InChI is InChI=1S/C18H15F3N2O4/c19-18(20,21)10-27-15-7-3-6-14(22-15)16(24)23-8-11-4-1-2-5-12(11)13(9-23)17(25)26/h1-7,13H,8-10H2,(H,25,26). The summed E-state index contributed by atoms with van der Waals surface area (Å²) >= 11 is 0. The number of nitrogens with zero attached hydrogens (tertiary/aromatic N) is 2. The van der Waals surface area contributed by atoms with E-state index in [-0.39, 0.29) is 24.7 Å². The van der Waals surface area contributed by atoms with Crippen LogP contribution in [0.15, 0.2) is 42.5 Å². The van der Waals surface area contributed by atoms with Crippen LogP contribution >= 0.6 is 0 Å². The van der Waals surface area contributed by atoms with Gasteiger partial charge in [0, 0.05) is 19.2 Å². The number of rotatable bonds is 4. The van der Waals surface area contributed by atoms with Crippen LogP contribution in [0.3, 0.4) is 0 Å². The summed E-state index contributed by atoms with van der Waals surface area (Å²) in [7, 11) is 0. The van der Waals surface area contributed by atoms with Gasteiger partial charge in [-0.1, -0.05) is 30.3 Å². The average molecular weight is 380 g/mol. The predicted octanol–water partition coefficient (Wildman–Crippen LogP) is 2.85. The van der Waals surface area contributed by atoms with Gasteiger partial charge in [0.25, 0.3) is 5.91 Å². The summed E-state index contributed by atoms with van der Waals surface area (Å²) in [6.45, 7) is -1.38. The second-order valence-electron chi connectivity index (χ2n) is 6.04. The highest BCUT2D eigenvalue weighted by Crippen LogP contribution is 2.29. The first kappa shape index (κ1) is 18.7. The Kier molecular flexibility index (Phi) is 5.02. The minimum absolute atomic E-state index is 0.0551. The van der Waals surface area contributed by atoms with Gasteiger partial charge in [0.05, 0.1) is 5.92 Å². The molecule has 1 aromatic carbocycles. The number of carboxylic acid groups (broad SMARTS) is 1. The number of amides is 1. The van der Waals surface area contributed by atoms with Crippen LogP contribution in [-0.2, 0) is 11.3 Å². The number of carbonyl (C=O) groups excluding carboxylic acids is 1. The molecule has 27 heavy (non-hydrogen) atoms. The van der Waals surface area contributed by atoms with E-state index in [0.717, 1.165) is 0 Å². The number of hydrogen-bond acceptors (Lipinski definition) is 4. The predicted molar refractivity (Wildman–Crippen MR) is 87.3 cm³/mol. The SMILES string of the molecule is O=C(O)C1CN(C(=O)c2cccc(OCC(F)(F)F)n2)Cc2ccccc21. The number of fused-ring (bicyclic) bond motifs is 1. The molecule has 142 valence electrons. The Labute approximate surface area is 152 Å². The summed E-state index contributed by atoms with van der Waals surface area (Å²) < 4.78 is 41.4. The fraction of sp³-hybridized carbons (Fsp3) is 0.278. The molecular weight excluding hydrogens is 365 g/mol. The van der Waals surface area contributed by atoms with Crippen LogP contribution in [0.5, 0.6) is 5.88 Å². The molecule has 0 saturated carbocycles. The van der Waals surface area contributed by atoms with E-state index in [1.165, 1.54) is 23.1 Å². The molecule has 0 spiro atoms. The maximum atomic E-state index is 12.7. The van der Waals surface area contributed by atoms with Crippen LogP contribution in [0.1, 0.15) is 27.5 Å². The number of hydrogen-bond donors (Lipinski definition) is 1. The average Bonchev–Trinajstić information content (AvgIpc) is 2.64. The lowest BCUT2D eigenvalue weighted by Gasteiger charge is -2.32. The molecule has 0 fully saturated rings. The van der Waals surface area contributed by atoms with E-state index in [2.05, 4.69) is 9.72 Å². The van der Waals surface area contributed by atoms with Gasteiger partial charge in [-0.25, -0.2) is 4.98 Å². The van der Waals surface area contributed by atoms with Crippen molar-refractivity contribution in [2.45, 2.75) is 18.6 Å². The van der Waals surface area contributed by atoms with Crippen molar-refractivity contribution >= 4 is 11.9 Å². The highest BCUT2D eigenvalue weighted by molar-refractivity contribution is 5.93. The lowest BCUT2D eigenvalue weighted by Crippen LogP contribution is -2.40. The van der Waals surface area contributed by atoms with Gasteiger partial charge in [-0.15, -0.1) is 0 Å². The summed E-state index contributed by atoms with van der Waals surface area (Å²) in [5, 5.41) is 9.47. The topological polar surface area (TPSA) is 79.7 Å². The molecule has 0 bridgehead atoms. The Hall–Kier alpha value is -3.10. The van der Waals surface area contributed by atoms with E-state index < -0.39 is 30.6 Å². The monoisotopic (exact) mass is 380 g/mol. The van der Waals surface area contributed by atoms with E-state index in [9.17, 15) is 27.9 Å². The maximum Gasteiger partial charge on any atom is 0.422 e. The molecule has 1 aromatic heterocycles. The second kappa shape index (κ2) is 7.26. The molecule has 1 aliphatic heterocycles. The van der Waals surface area contributed by atoms with Crippen LogP contribution in [0.2, 0.25) is 0 Å². The molecule has 1 aliphatic rings. The highest BCUT2D eigenvalue weighted by atomic mass is 19.4. The largest absolute Gasteiger partial charge is 0.481 e. The zero-order valence-corrected chi connectivity index (χ0v) is 13.9. The van der Waals surface area contributed by atoms with Crippen molar-refractivity contribution in [1.82, 2.24) is 9.88 Å². The van der Waals surface area contributed by atoms with E-state index in [4.69, 9.17) is 0 Å². The van der Waals surface area contributed by atoms with Crippen LogP contribution in [0.4, 0.5) is 13.2 Å². The fourth-order valence-electron chi connectivity index (χ4n) is 2.90. The minimum Gasteiger partial charge on any atom is -0.481 e. The number of halogens is 3. The Morgan fingerprint density at radius 1 is 1.19 bits per heavy atom. The Morgan fingerprint density at radius 2 is 1.93 bits per heavy atom. The summed E-state index contributed by atoms with van der Waals surface area (Å²) in [4.78, 5) is 29.4. The van der Waals surface area contributed by atoms with Crippen molar-refractivity contribution < 1.29 is 32.6 Å². The summed E-state index contributed by atoms with van der Waals surface area (Å²) in [5.74, 6) is -2.85. The van der Waals surface area contributed by atoms with Gasteiger partial charge in [-0.05, 0) is 17.2 Å². The third-order valence-electron chi connectivity index (χ3n) is 4.11. The van der Waals surface area contributed by atoms with Gasteiger partial charge < -0.3 is 14.7 Å². The normalized spacial score (nSPS) is 16.6. The molecule has 1 N–H and O–H groups in total. The number of carbonyl (C=O) groups is 2. The quantitative estimate of drug-likeness (QED) is 0.882. The molecule has 1 amide bonds. The summed E-state index contributed by atoms with van der Waals surface area (Å²) in [5.41, 5.74) is 1.23. The Bertz CT molecular complexity index is 870. The Morgan fingerprint density at radius 3 is 2.63 bits per heavy atom. The number of alkyl halides is 3. The molecule has 0 radical (unpaired) electrons. The van der Waals surface area contributed by atoms with Crippen molar-refractivity contribution in [2.75, 3.05) is 13.2 Å². The van der Waals surface area contributed by atoms with E-state index in [1.807, 2.05) is 0 Å². The van der Waals surface area contributed by atoms with Gasteiger partial charge in [0.1, 0.15) is 5.69 Å². The molecule has 1 atom stereocenters. The lowest BCUT2D eigenvalue weighted by molar-refractivity contribution is -0.154. The minimum atomic E-state index is -4.52. The third kappa shape index (κ3) is 4.36. The first-order valence-electron chi connectivity index (χ1n) is 8.01. The van der Waals surface area contributed by atoms with E-state index in [1.54, 1.807) is 24.3 Å².